The summed E-state index contributed by atoms with van der Waals surface area (Å²) in [6.07, 6.45) is 6.83. The number of allylic oxidation sites excluding steroid dienone is 2. The summed E-state index contributed by atoms with van der Waals surface area (Å²) in [5.74, 6) is -4.97. The van der Waals surface area contributed by atoms with E-state index in [9.17, 15) is 32.8 Å². The average Bonchev–Trinajstić information content (AvgIpc) is 3.94. The Morgan fingerprint density at radius 1 is 0.952 bits per heavy atom. The first-order chi connectivity index (χ1) is 29.8. The van der Waals surface area contributed by atoms with Crippen LogP contribution in [0.4, 0.5) is 13.2 Å². The highest BCUT2D eigenvalue weighted by molar-refractivity contribution is 6.23. The number of aromatic amines is 1. The molecule has 11 nitrogen and oxygen atoms in total. The molecule has 5 aliphatic rings. The number of fused-ring (bicyclic) bond motifs is 5. The van der Waals surface area contributed by atoms with Crippen molar-refractivity contribution < 1.29 is 37.1 Å². The van der Waals surface area contributed by atoms with Gasteiger partial charge < -0.3 is 20.0 Å². The number of aldehydes is 1. The van der Waals surface area contributed by atoms with Gasteiger partial charge >= 0.3 is 0 Å². The molecule has 4 aliphatic heterocycles. The lowest BCUT2D eigenvalue weighted by atomic mass is 9.84. The van der Waals surface area contributed by atoms with Gasteiger partial charge in [0.05, 0.1) is 23.7 Å². The van der Waals surface area contributed by atoms with E-state index in [4.69, 9.17) is 0 Å². The zero-order chi connectivity index (χ0) is 43.4. The lowest BCUT2D eigenvalue weighted by Gasteiger charge is -2.38. The monoisotopic (exact) mass is 848 g/mol. The molecule has 0 radical (unpaired) electrons. The Labute approximate surface area is 358 Å². The Bertz CT molecular complexity index is 2460. The number of likely N-dealkylation sites (N-methyl/N-ethyl adjacent to an activating group) is 1. The van der Waals surface area contributed by atoms with E-state index in [1.807, 2.05) is 41.3 Å². The Kier molecular flexibility index (Phi) is 11.2. The van der Waals surface area contributed by atoms with Crippen LogP contribution in [0.1, 0.15) is 112 Å². The number of amides is 4. The van der Waals surface area contributed by atoms with Gasteiger partial charge in [0, 0.05) is 87.2 Å². The molecule has 3 aromatic carbocycles. The van der Waals surface area contributed by atoms with Crippen LogP contribution >= 0.6 is 0 Å². The zero-order valence-corrected chi connectivity index (χ0v) is 35.0. The third-order valence-electron chi connectivity index (χ3n) is 13.7. The first-order valence-electron chi connectivity index (χ1n) is 21.8. The molecule has 1 aromatic heterocycles. The highest BCUT2D eigenvalue weighted by atomic mass is 19.3. The Morgan fingerprint density at radius 3 is 2.29 bits per heavy atom. The SMILES string of the molecule is CNC(=O)C(CCC=O)N1C(=O)c2cc3c(cc2C1=O)CN(C1CCN(C(=O)C2CC=C(c4ccc(C5c6[nH]c7ccccc7c6CCN5CC(C)(F)F)c(F)c4)CC2)CC1)C3. The van der Waals surface area contributed by atoms with Gasteiger partial charge in [-0.1, -0.05) is 36.4 Å². The van der Waals surface area contributed by atoms with Crippen LogP contribution in [0.2, 0.25) is 0 Å². The van der Waals surface area contributed by atoms with Gasteiger partial charge in [-0.2, -0.15) is 0 Å². The van der Waals surface area contributed by atoms with Crippen molar-refractivity contribution in [2.24, 2.45) is 5.92 Å². The number of likely N-dealkylation sites (tertiary alicyclic amines) is 1. The first kappa shape index (κ1) is 41.7. The molecule has 4 amide bonds. The number of nitrogens with zero attached hydrogens (tertiary/aromatic N) is 4. The van der Waals surface area contributed by atoms with Crippen LogP contribution in [0.3, 0.4) is 0 Å². The van der Waals surface area contributed by atoms with Crippen molar-refractivity contribution >= 4 is 46.4 Å². The molecular weight excluding hydrogens is 798 g/mol. The number of carbonyl (C=O) groups is 5. The molecule has 0 spiro atoms. The standard InChI is InChI=1S/C48H51F3N6O5/c1-48(50,51)27-55-20-17-35-34-6-3-4-7-40(34)53-42(35)43(55)36-14-13-30(24-39(36)49)28-9-11-29(12-10-28)45(60)54-18-15-33(16-19-54)56-25-31-22-37-38(23-32(31)26-56)47(62)57(46(37)61)41(8-5-21-58)44(59)52-2/h3-4,6-7,9,13-14,21-24,29,33,41,43,53H,5,8,10-12,15-20,25-27H2,1-2H3,(H,52,59). The summed E-state index contributed by atoms with van der Waals surface area (Å²) in [5.41, 5.74) is 7.27. The molecular formula is C48H51F3N6O5. The smallest absolute Gasteiger partial charge is 0.262 e. The van der Waals surface area contributed by atoms with Crippen LogP contribution in [0.15, 0.2) is 60.7 Å². The maximum absolute atomic E-state index is 16.2. The summed E-state index contributed by atoms with van der Waals surface area (Å²) in [4.78, 5) is 74.8. The molecule has 14 heteroatoms. The van der Waals surface area contributed by atoms with Crippen molar-refractivity contribution in [1.29, 1.82) is 0 Å². The van der Waals surface area contributed by atoms with Crippen LogP contribution in [-0.4, -0.2) is 106 Å². The Balaban J connectivity index is 0.816. The molecule has 3 atom stereocenters. The summed E-state index contributed by atoms with van der Waals surface area (Å²) in [5, 5.41) is 3.53. The van der Waals surface area contributed by atoms with Gasteiger partial charge in [0.25, 0.3) is 17.7 Å². The minimum atomic E-state index is -2.95. The number of nitrogens with one attached hydrogen (secondary N) is 2. The van der Waals surface area contributed by atoms with Crippen molar-refractivity contribution in [1.82, 2.24) is 29.9 Å². The van der Waals surface area contributed by atoms with E-state index >= 15 is 4.39 Å². The van der Waals surface area contributed by atoms with Crippen LogP contribution in [-0.2, 0) is 33.9 Å². The second kappa shape index (κ2) is 16.6. The van der Waals surface area contributed by atoms with Crippen molar-refractivity contribution in [3.05, 3.63) is 111 Å². The van der Waals surface area contributed by atoms with Crippen molar-refractivity contribution in [2.45, 2.75) is 95.4 Å². The third kappa shape index (κ3) is 7.65. The van der Waals surface area contributed by atoms with E-state index < -0.39 is 48.1 Å². The van der Waals surface area contributed by atoms with Crippen LogP contribution in [0.5, 0.6) is 0 Å². The number of carbonyl (C=O) groups excluding carboxylic acids is 5. The fourth-order valence-corrected chi connectivity index (χ4v) is 10.6. The maximum atomic E-state index is 16.2. The average molecular weight is 849 g/mol. The van der Waals surface area contributed by atoms with Crippen molar-refractivity contribution in [3.8, 4) is 0 Å². The van der Waals surface area contributed by atoms with Gasteiger partial charge in [-0.15, -0.1) is 0 Å². The predicted octanol–water partition coefficient (Wildman–Crippen LogP) is 6.79. The number of aromatic nitrogens is 1. The van der Waals surface area contributed by atoms with E-state index in [0.717, 1.165) is 69.1 Å². The number of benzene rings is 3. The molecule has 0 bridgehead atoms. The lowest BCUT2D eigenvalue weighted by Crippen LogP contribution is -2.48. The van der Waals surface area contributed by atoms with E-state index in [0.29, 0.717) is 70.3 Å². The van der Waals surface area contributed by atoms with Gasteiger partial charge in [0.1, 0.15) is 18.1 Å². The summed E-state index contributed by atoms with van der Waals surface area (Å²) in [6, 6.07) is 15.0. The van der Waals surface area contributed by atoms with Crippen LogP contribution in [0.25, 0.3) is 16.5 Å². The quantitative estimate of drug-likeness (QED) is 0.126. The van der Waals surface area contributed by atoms with Gasteiger partial charge in [-0.05, 0) is 97.0 Å². The summed E-state index contributed by atoms with van der Waals surface area (Å²) in [6.45, 7) is 3.28. The van der Waals surface area contributed by atoms with Crippen molar-refractivity contribution in [3.63, 3.8) is 0 Å². The molecule has 9 rings (SSSR count). The number of alkyl halides is 2. The number of hydrogen-bond acceptors (Lipinski definition) is 7. The fourth-order valence-electron chi connectivity index (χ4n) is 10.6. The maximum Gasteiger partial charge on any atom is 0.262 e. The lowest BCUT2D eigenvalue weighted by molar-refractivity contribution is -0.137. The molecule has 1 saturated heterocycles. The molecule has 2 N–H and O–H groups in total. The summed E-state index contributed by atoms with van der Waals surface area (Å²) in [7, 11) is 1.43. The topological polar surface area (TPSA) is 126 Å². The fraction of sp³-hybridized carbons (Fsp3) is 0.438. The van der Waals surface area contributed by atoms with Crippen molar-refractivity contribution in [2.75, 3.05) is 33.2 Å². The van der Waals surface area contributed by atoms with E-state index in [1.165, 1.54) is 13.1 Å². The molecule has 3 unspecified atom stereocenters. The molecule has 324 valence electrons. The number of H-pyrrole nitrogens is 1. The highest BCUT2D eigenvalue weighted by Gasteiger charge is 2.44. The molecule has 5 heterocycles. The normalized spacial score (nSPS) is 21.5. The summed E-state index contributed by atoms with van der Waals surface area (Å²) < 4.78 is 45.1. The minimum absolute atomic E-state index is 0.0444. The number of imide groups is 1. The van der Waals surface area contributed by atoms with Gasteiger partial charge in [-0.3, -0.25) is 33.9 Å². The molecule has 1 fully saturated rings. The second-order valence-corrected chi connectivity index (χ2v) is 17.7. The number of para-hydroxylation sites is 1. The number of halogens is 3. The molecule has 1 aliphatic carbocycles. The predicted molar refractivity (Wildman–Crippen MR) is 227 cm³/mol. The van der Waals surface area contributed by atoms with E-state index in [-0.39, 0.29) is 41.8 Å². The van der Waals surface area contributed by atoms with Gasteiger partial charge in [0.15, 0.2) is 0 Å². The first-order valence-corrected chi connectivity index (χ1v) is 21.8. The Morgan fingerprint density at radius 2 is 1.66 bits per heavy atom. The van der Waals surface area contributed by atoms with E-state index in [2.05, 4.69) is 15.2 Å². The molecule has 62 heavy (non-hydrogen) atoms. The zero-order valence-electron chi connectivity index (χ0n) is 35.0. The Hall–Kier alpha value is -5.60. The number of piperidine rings is 1. The largest absolute Gasteiger partial charge is 0.357 e. The molecule has 0 saturated carbocycles. The summed E-state index contributed by atoms with van der Waals surface area (Å²) >= 11 is 0. The van der Waals surface area contributed by atoms with Gasteiger partial charge in [-0.25, -0.2) is 13.2 Å². The molecule has 4 aromatic rings. The van der Waals surface area contributed by atoms with E-state index in [1.54, 1.807) is 23.1 Å². The van der Waals surface area contributed by atoms with Crippen LogP contribution < -0.4 is 5.32 Å². The van der Waals surface area contributed by atoms with Crippen LogP contribution in [0, 0.1) is 11.7 Å². The highest BCUT2D eigenvalue weighted by Crippen LogP contribution is 2.42. The third-order valence-corrected chi connectivity index (χ3v) is 13.7. The number of rotatable bonds is 11. The minimum Gasteiger partial charge on any atom is -0.357 e. The second-order valence-electron chi connectivity index (χ2n) is 17.7. The van der Waals surface area contributed by atoms with Gasteiger partial charge in [0.2, 0.25) is 11.8 Å². The number of hydrogen-bond donors (Lipinski definition) is 2.